The van der Waals surface area contributed by atoms with E-state index in [1.807, 2.05) is 0 Å². The van der Waals surface area contributed by atoms with Gasteiger partial charge in [0.1, 0.15) is 11.9 Å². The molecule has 0 bridgehead atoms. The summed E-state index contributed by atoms with van der Waals surface area (Å²) in [5, 5.41) is 9.08. The van der Waals surface area contributed by atoms with Gasteiger partial charge < -0.3 is 10.3 Å². The molecule has 1 aromatic heterocycles. The molecule has 2 N–H and O–H groups in total. The summed E-state index contributed by atoms with van der Waals surface area (Å²) in [4.78, 5) is 4.47. The zero-order valence-corrected chi connectivity index (χ0v) is 9.74. The second-order valence-corrected chi connectivity index (χ2v) is 4.33. The highest BCUT2D eigenvalue weighted by Gasteiger charge is 2.23. The van der Waals surface area contributed by atoms with Crippen molar-refractivity contribution in [2.75, 3.05) is 6.54 Å². The number of nitrogens with zero attached hydrogens (tertiary/aromatic N) is 3. The molecule has 0 fully saturated rings. The summed E-state index contributed by atoms with van der Waals surface area (Å²) in [7, 11) is 0. The Morgan fingerprint density at radius 2 is 2.38 bits per heavy atom. The fourth-order valence-corrected chi connectivity index (χ4v) is 2.43. The second-order valence-electron chi connectivity index (χ2n) is 4.33. The monoisotopic (exact) mass is 218 g/mol. The lowest BCUT2D eigenvalue weighted by atomic mass is 10.0. The van der Waals surface area contributed by atoms with E-state index in [-0.39, 0.29) is 0 Å². The number of fused-ring (bicyclic) bond motifs is 1. The number of nitriles is 1. The van der Waals surface area contributed by atoms with Crippen LogP contribution in [0, 0.1) is 11.3 Å². The Bertz CT molecular complexity index is 409. The lowest BCUT2D eigenvalue weighted by Gasteiger charge is -2.20. The predicted molar refractivity (Wildman–Crippen MR) is 62.0 cm³/mol. The van der Waals surface area contributed by atoms with Crippen LogP contribution in [0.4, 0.5) is 0 Å². The molecule has 16 heavy (non-hydrogen) atoms. The average Bonchev–Trinajstić information content (AvgIpc) is 2.70. The van der Waals surface area contributed by atoms with Crippen molar-refractivity contribution < 1.29 is 0 Å². The van der Waals surface area contributed by atoms with Crippen molar-refractivity contribution in [2.45, 2.75) is 45.1 Å². The van der Waals surface area contributed by atoms with Crippen LogP contribution in [0.5, 0.6) is 0 Å². The Labute approximate surface area is 96.1 Å². The lowest BCUT2D eigenvalue weighted by Crippen LogP contribution is -2.19. The molecular formula is C12H18N4. The van der Waals surface area contributed by atoms with Gasteiger partial charge in [0.2, 0.25) is 0 Å². The van der Waals surface area contributed by atoms with Crippen LogP contribution in [-0.4, -0.2) is 16.1 Å². The minimum absolute atomic E-state index is 0.291. The third kappa shape index (κ3) is 1.72. The molecule has 1 aromatic rings. The van der Waals surface area contributed by atoms with Gasteiger partial charge in [-0.15, -0.1) is 0 Å². The van der Waals surface area contributed by atoms with Gasteiger partial charge in [0.15, 0.2) is 5.69 Å². The number of imidazole rings is 1. The van der Waals surface area contributed by atoms with Crippen molar-refractivity contribution in [3.63, 3.8) is 0 Å². The van der Waals surface area contributed by atoms with Crippen LogP contribution in [0.15, 0.2) is 0 Å². The topological polar surface area (TPSA) is 67.6 Å². The Balaban J connectivity index is 2.46. The summed E-state index contributed by atoms with van der Waals surface area (Å²) in [6, 6.07) is 2.21. The van der Waals surface area contributed by atoms with E-state index in [1.165, 1.54) is 12.8 Å². The van der Waals surface area contributed by atoms with Crippen molar-refractivity contribution in [3.8, 4) is 6.07 Å². The summed E-state index contributed by atoms with van der Waals surface area (Å²) >= 11 is 0. The zero-order chi connectivity index (χ0) is 11.5. The van der Waals surface area contributed by atoms with Gasteiger partial charge in [0, 0.05) is 19.0 Å². The van der Waals surface area contributed by atoms with Gasteiger partial charge in [-0.2, -0.15) is 5.26 Å². The standard InChI is InChI=1S/C12H18N4/c1-2-9(7-13)12-15-10(8-14)11-5-3-4-6-16(11)12/h9H,2-7,13H2,1H3. The van der Waals surface area contributed by atoms with Gasteiger partial charge >= 0.3 is 0 Å². The second kappa shape index (κ2) is 4.67. The summed E-state index contributed by atoms with van der Waals surface area (Å²) in [5.74, 6) is 1.32. The maximum absolute atomic E-state index is 9.08. The Morgan fingerprint density at radius 3 is 3.00 bits per heavy atom. The van der Waals surface area contributed by atoms with Gasteiger partial charge in [0.25, 0.3) is 0 Å². The fourth-order valence-electron chi connectivity index (χ4n) is 2.43. The largest absolute Gasteiger partial charge is 0.330 e. The summed E-state index contributed by atoms with van der Waals surface area (Å²) in [5.41, 5.74) is 7.50. The first-order valence-corrected chi connectivity index (χ1v) is 6.01. The number of hydrogen-bond acceptors (Lipinski definition) is 3. The van der Waals surface area contributed by atoms with Gasteiger partial charge in [-0.25, -0.2) is 4.98 Å². The molecule has 0 saturated heterocycles. The van der Waals surface area contributed by atoms with E-state index in [9.17, 15) is 0 Å². The van der Waals surface area contributed by atoms with Crippen LogP contribution in [0.3, 0.4) is 0 Å². The molecule has 1 aliphatic heterocycles. The highest BCUT2D eigenvalue weighted by Crippen LogP contribution is 2.26. The van der Waals surface area contributed by atoms with E-state index in [1.54, 1.807) is 0 Å². The molecule has 0 aliphatic carbocycles. The Hall–Kier alpha value is -1.34. The minimum atomic E-state index is 0.291. The molecule has 1 atom stereocenters. The summed E-state index contributed by atoms with van der Waals surface area (Å²) in [6.07, 6.45) is 4.32. The summed E-state index contributed by atoms with van der Waals surface area (Å²) < 4.78 is 2.23. The first-order valence-electron chi connectivity index (χ1n) is 6.01. The Kier molecular flexibility index (Phi) is 3.25. The fraction of sp³-hybridized carbons (Fsp3) is 0.667. The van der Waals surface area contributed by atoms with Crippen molar-refractivity contribution in [1.82, 2.24) is 9.55 Å². The average molecular weight is 218 g/mol. The molecule has 4 heteroatoms. The SMILES string of the molecule is CCC(CN)c1nc(C#N)c2n1CCCC2. The molecule has 0 radical (unpaired) electrons. The maximum Gasteiger partial charge on any atom is 0.161 e. The number of nitrogens with two attached hydrogens (primary N) is 1. The molecule has 0 saturated carbocycles. The quantitative estimate of drug-likeness (QED) is 0.836. The molecule has 0 spiro atoms. The van der Waals surface area contributed by atoms with Gasteiger partial charge in [0.05, 0.1) is 5.69 Å². The van der Waals surface area contributed by atoms with Crippen LogP contribution < -0.4 is 5.73 Å². The van der Waals surface area contributed by atoms with Gasteiger partial charge in [-0.3, -0.25) is 0 Å². The van der Waals surface area contributed by atoms with E-state index < -0.39 is 0 Å². The molecular weight excluding hydrogens is 200 g/mol. The van der Waals surface area contributed by atoms with E-state index in [0.717, 1.165) is 30.9 Å². The number of aromatic nitrogens is 2. The van der Waals surface area contributed by atoms with Crippen LogP contribution in [0.25, 0.3) is 0 Å². The van der Waals surface area contributed by atoms with Crippen molar-refractivity contribution in [1.29, 1.82) is 5.26 Å². The van der Waals surface area contributed by atoms with E-state index in [2.05, 4.69) is 22.5 Å². The Morgan fingerprint density at radius 1 is 1.56 bits per heavy atom. The molecule has 1 unspecified atom stereocenters. The molecule has 2 rings (SSSR count). The van der Waals surface area contributed by atoms with E-state index >= 15 is 0 Å². The van der Waals surface area contributed by atoms with Gasteiger partial charge in [-0.1, -0.05) is 6.92 Å². The maximum atomic E-state index is 9.08. The van der Waals surface area contributed by atoms with E-state index in [4.69, 9.17) is 11.0 Å². The molecule has 86 valence electrons. The third-order valence-electron chi connectivity index (χ3n) is 3.40. The normalized spacial score (nSPS) is 16.6. The molecule has 2 heterocycles. The third-order valence-corrected chi connectivity index (χ3v) is 3.40. The first-order chi connectivity index (χ1) is 7.81. The molecule has 4 nitrogen and oxygen atoms in total. The summed E-state index contributed by atoms with van der Waals surface area (Å²) in [6.45, 7) is 3.72. The van der Waals surface area contributed by atoms with Crippen LogP contribution in [-0.2, 0) is 13.0 Å². The molecule has 0 amide bonds. The van der Waals surface area contributed by atoms with Gasteiger partial charge in [-0.05, 0) is 25.7 Å². The highest BCUT2D eigenvalue weighted by molar-refractivity contribution is 5.31. The lowest BCUT2D eigenvalue weighted by molar-refractivity contribution is 0.488. The number of hydrogen-bond donors (Lipinski definition) is 1. The molecule has 0 aromatic carbocycles. The predicted octanol–water partition coefficient (Wildman–Crippen LogP) is 1.54. The highest BCUT2D eigenvalue weighted by atomic mass is 15.1. The smallest absolute Gasteiger partial charge is 0.161 e. The van der Waals surface area contributed by atoms with Crippen LogP contribution in [0.2, 0.25) is 0 Å². The van der Waals surface area contributed by atoms with Crippen molar-refractivity contribution in [2.24, 2.45) is 5.73 Å². The molecule has 1 aliphatic rings. The van der Waals surface area contributed by atoms with E-state index in [0.29, 0.717) is 18.2 Å². The van der Waals surface area contributed by atoms with Crippen LogP contribution >= 0.6 is 0 Å². The first kappa shape index (κ1) is 11.2. The van der Waals surface area contributed by atoms with Crippen molar-refractivity contribution >= 4 is 0 Å². The zero-order valence-electron chi connectivity index (χ0n) is 9.74. The number of rotatable bonds is 3. The van der Waals surface area contributed by atoms with Crippen LogP contribution in [0.1, 0.15) is 49.3 Å². The van der Waals surface area contributed by atoms with Crippen molar-refractivity contribution in [3.05, 3.63) is 17.2 Å². The minimum Gasteiger partial charge on any atom is -0.330 e.